The van der Waals surface area contributed by atoms with Crippen LogP contribution in [0.4, 0.5) is 0 Å². The van der Waals surface area contributed by atoms with Gasteiger partial charge in [0.15, 0.2) is 5.96 Å². The fraction of sp³-hybridized carbons (Fsp3) is 0.640. The van der Waals surface area contributed by atoms with Crippen molar-refractivity contribution in [3.05, 3.63) is 29.8 Å². The molecular weight excluding hydrogens is 500 g/mol. The number of rotatable bonds is 12. The van der Waals surface area contributed by atoms with E-state index >= 15 is 0 Å². The molecule has 5 unspecified atom stereocenters. The second-order valence-corrected chi connectivity index (χ2v) is 12.5. The van der Waals surface area contributed by atoms with Gasteiger partial charge in [0.05, 0.1) is 18.5 Å². The molecule has 2 saturated carbocycles. The number of aliphatic carboxylic acids is 1. The average Bonchev–Trinajstić information content (AvgIpc) is 2.89. The molecule has 0 heterocycles. The van der Waals surface area contributed by atoms with Crippen LogP contribution in [0.5, 0.6) is 5.75 Å². The Hall–Kier alpha value is -2.70. The number of carboxylic acid groups (broad SMARTS) is 1. The second-order valence-electron chi connectivity index (χ2n) is 10.7. The number of nitrogens with two attached hydrogens (primary N) is 2. The highest BCUT2D eigenvalue weighted by molar-refractivity contribution is 7.89. The van der Waals surface area contributed by atoms with Gasteiger partial charge in [-0.2, -0.15) is 4.99 Å². The molecule has 0 spiro atoms. The van der Waals surface area contributed by atoms with Gasteiger partial charge in [0.1, 0.15) is 11.8 Å². The molecule has 0 saturated heterocycles. The molecule has 1 aromatic rings. The van der Waals surface area contributed by atoms with Gasteiger partial charge in [-0.15, -0.1) is 0 Å². The lowest BCUT2D eigenvalue weighted by Crippen LogP contribution is -2.47. The molecule has 2 aliphatic carbocycles. The molecule has 11 nitrogen and oxygen atoms in total. The lowest BCUT2D eigenvalue weighted by atomic mass is 9.63. The van der Waals surface area contributed by atoms with E-state index in [0.717, 1.165) is 6.42 Å². The van der Waals surface area contributed by atoms with Gasteiger partial charge in [0.25, 0.3) is 0 Å². The number of ether oxygens (including phenoxy) is 1. The van der Waals surface area contributed by atoms with E-state index in [2.05, 4.69) is 23.6 Å². The third-order valence-electron chi connectivity index (χ3n) is 7.72. The van der Waals surface area contributed by atoms with Crippen molar-refractivity contribution in [1.82, 2.24) is 4.72 Å². The van der Waals surface area contributed by atoms with Crippen molar-refractivity contribution in [2.75, 3.05) is 12.4 Å². The number of benzene rings is 1. The van der Waals surface area contributed by atoms with E-state index in [0.29, 0.717) is 36.5 Å². The predicted octanol–water partition coefficient (Wildman–Crippen LogP) is 0.994. The summed E-state index contributed by atoms with van der Waals surface area (Å²) in [5.74, 6) is -1.62. The summed E-state index contributed by atoms with van der Waals surface area (Å²) in [6.45, 7) is 4.44. The maximum Gasteiger partial charge on any atom is 0.322 e. The summed E-state index contributed by atoms with van der Waals surface area (Å²) in [6, 6.07) is 5.33. The largest absolute Gasteiger partial charge is 0.494 e. The van der Waals surface area contributed by atoms with Gasteiger partial charge in [0, 0.05) is 6.42 Å². The number of carbonyl (C=O) groups excluding carboxylic acids is 1. The van der Waals surface area contributed by atoms with Crippen LogP contribution >= 0.6 is 0 Å². The number of aliphatic hydroxyl groups excluding tert-OH is 1. The number of carbonyl (C=O) groups is 2. The van der Waals surface area contributed by atoms with E-state index in [1.54, 1.807) is 24.3 Å². The van der Waals surface area contributed by atoms with E-state index < -0.39 is 34.0 Å². The Labute approximate surface area is 217 Å². The summed E-state index contributed by atoms with van der Waals surface area (Å²) in [5, 5.41) is 20.3. The zero-order valence-electron chi connectivity index (χ0n) is 21.3. The van der Waals surface area contributed by atoms with Crippen LogP contribution in [-0.2, 0) is 26.0 Å². The highest BCUT2D eigenvalue weighted by atomic mass is 32.2. The second kappa shape index (κ2) is 11.8. The molecule has 2 aliphatic rings. The number of fused-ring (bicyclic) bond motifs is 2. The fourth-order valence-electron chi connectivity index (χ4n) is 6.00. The summed E-state index contributed by atoms with van der Waals surface area (Å²) < 4.78 is 33.9. The number of nitrogens with zero attached hydrogens (tertiary/aromatic N) is 1. The van der Waals surface area contributed by atoms with Crippen LogP contribution in [0.2, 0.25) is 0 Å². The normalized spacial score (nSPS) is 25.3. The first-order valence-corrected chi connectivity index (χ1v) is 14.2. The minimum Gasteiger partial charge on any atom is -0.494 e. The molecule has 37 heavy (non-hydrogen) atoms. The molecule has 0 radical (unpaired) electrons. The van der Waals surface area contributed by atoms with Gasteiger partial charge >= 0.3 is 5.97 Å². The Morgan fingerprint density at radius 3 is 2.51 bits per heavy atom. The quantitative estimate of drug-likeness (QED) is 0.146. The number of aliphatic imine (C=N–C) groups is 1. The SMILES string of the molecule is CC1(C)C2CCC(CS(=O)(=O)NC(Cc3ccc(OCCCC(=O)N=C(N)N)cc3)C(=O)O)C1C(O)C2. The van der Waals surface area contributed by atoms with Crippen LogP contribution in [0.15, 0.2) is 29.3 Å². The fourth-order valence-corrected chi connectivity index (χ4v) is 7.65. The van der Waals surface area contributed by atoms with E-state index in [9.17, 15) is 28.2 Å². The van der Waals surface area contributed by atoms with Crippen molar-refractivity contribution in [3.8, 4) is 5.75 Å². The Morgan fingerprint density at radius 1 is 1.22 bits per heavy atom. The summed E-state index contributed by atoms with van der Waals surface area (Å²) >= 11 is 0. The first kappa shape index (κ1) is 28.9. The maximum absolute atomic E-state index is 13.0. The molecule has 3 rings (SSSR count). The molecule has 2 bridgehead atoms. The lowest BCUT2D eigenvalue weighted by molar-refractivity contribution is -0.139. The number of carboxylic acids is 1. The zero-order chi connectivity index (χ0) is 27.4. The van der Waals surface area contributed by atoms with Crippen LogP contribution in [0.1, 0.15) is 51.5 Å². The van der Waals surface area contributed by atoms with Crippen LogP contribution in [0.25, 0.3) is 0 Å². The van der Waals surface area contributed by atoms with Gasteiger partial charge < -0.3 is 26.4 Å². The smallest absolute Gasteiger partial charge is 0.322 e. The van der Waals surface area contributed by atoms with Gasteiger partial charge in [-0.25, -0.2) is 13.1 Å². The van der Waals surface area contributed by atoms with E-state index in [-0.39, 0.29) is 48.4 Å². The van der Waals surface area contributed by atoms with Gasteiger partial charge in [-0.3, -0.25) is 9.59 Å². The van der Waals surface area contributed by atoms with Crippen LogP contribution < -0.4 is 20.9 Å². The van der Waals surface area contributed by atoms with Gasteiger partial charge in [0.2, 0.25) is 15.9 Å². The summed E-state index contributed by atoms with van der Waals surface area (Å²) in [7, 11) is -3.90. The number of sulfonamides is 1. The Balaban J connectivity index is 1.54. The standard InChI is InChI=1S/C25H38N4O7S/c1-25(2)17-8-7-16(22(25)20(30)13-17)14-37(34,35)29-19(23(32)33)12-15-5-9-18(10-6-15)36-11-3-4-21(31)28-24(26)27/h5-6,9-10,16-17,19-20,22,29-30H,3-4,7-8,11-14H2,1-2H3,(H,32,33)(H4,26,27,28,31). The van der Waals surface area contributed by atoms with Crippen molar-refractivity contribution in [2.24, 2.45) is 39.6 Å². The van der Waals surface area contributed by atoms with Crippen molar-refractivity contribution in [3.63, 3.8) is 0 Å². The number of amides is 1. The Kier molecular flexibility index (Phi) is 9.19. The number of guanidine groups is 1. The zero-order valence-corrected chi connectivity index (χ0v) is 22.1. The molecule has 1 aromatic carbocycles. The molecule has 12 heteroatoms. The molecular formula is C25H38N4O7S. The van der Waals surface area contributed by atoms with E-state index in [1.165, 1.54) is 0 Å². The van der Waals surface area contributed by atoms with Crippen LogP contribution in [-0.4, -0.2) is 61.0 Å². The third-order valence-corrected chi connectivity index (χ3v) is 9.23. The van der Waals surface area contributed by atoms with Crippen LogP contribution in [0.3, 0.4) is 0 Å². The topological polar surface area (TPSA) is 194 Å². The molecule has 1 amide bonds. The molecule has 206 valence electrons. The van der Waals surface area contributed by atoms with Gasteiger partial charge in [-0.05, 0) is 73.0 Å². The summed E-state index contributed by atoms with van der Waals surface area (Å²) in [6.07, 6.45) is 2.24. The lowest BCUT2D eigenvalue weighted by Gasteiger charge is -2.43. The molecule has 2 fully saturated rings. The minimum absolute atomic E-state index is 0.0356. The maximum atomic E-state index is 13.0. The number of aliphatic hydroxyl groups is 1. The number of nitrogens with one attached hydrogen (secondary N) is 1. The van der Waals surface area contributed by atoms with Crippen molar-refractivity contribution in [1.29, 1.82) is 0 Å². The highest BCUT2D eigenvalue weighted by Crippen LogP contribution is 2.57. The summed E-state index contributed by atoms with van der Waals surface area (Å²) in [4.78, 5) is 26.7. The molecule has 0 aliphatic heterocycles. The third kappa shape index (κ3) is 7.65. The minimum atomic E-state index is -3.90. The number of hydrogen-bond donors (Lipinski definition) is 5. The molecule has 7 N–H and O–H groups in total. The first-order chi connectivity index (χ1) is 17.3. The Bertz CT molecular complexity index is 1100. The van der Waals surface area contributed by atoms with E-state index in [4.69, 9.17) is 16.2 Å². The summed E-state index contributed by atoms with van der Waals surface area (Å²) in [5.41, 5.74) is 10.8. The molecule has 5 atom stereocenters. The predicted molar refractivity (Wildman–Crippen MR) is 138 cm³/mol. The highest BCUT2D eigenvalue weighted by Gasteiger charge is 2.55. The monoisotopic (exact) mass is 538 g/mol. The van der Waals surface area contributed by atoms with Crippen molar-refractivity contribution < 1.29 is 33.0 Å². The van der Waals surface area contributed by atoms with Gasteiger partial charge in [-0.1, -0.05) is 26.0 Å². The number of hydrogen-bond acceptors (Lipinski definition) is 6. The van der Waals surface area contributed by atoms with Crippen LogP contribution in [0, 0.1) is 23.2 Å². The van der Waals surface area contributed by atoms with Crippen molar-refractivity contribution >= 4 is 27.9 Å². The Morgan fingerprint density at radius 2 is 1.89 bits per heavy atom. The average molecular weight is 539 g/mol. The van der Waals surface area contributed by atoms with E-state index in [1.807, 2.05) is 0 Å². The molecule has 0 aromatic heterocycles. The van der Waals surface area contributed by atoms with Crippen molar-refractivity contribution in [2.45, 2.75) is 64.5 Å². The first-order valence-electron chi connectivity index (χ1n) is 12.5.